The maximum Gasteiger partial charge on any atom is 0.416 e. The molecule has 0 fully saturated rings. The first kappa shape index (κ1) is 17.9. The highest BCUT2D eigenvalue weighted by Crippen LogP contribution is 2.39. The molecule has 0 spiro atoms. The molecular formula is C20H14F5N. The molecule has 0 saturated heterocycles. The summed E-state index contributed by atoms with van der Waals surface area (Å²) in [7, 11) is 0. The van der Waals surface area contributed by atoms with Crippen LogP contribution in [0.2, 0.25) is 0 Å². The summed E-state index contributed by atoms with van der Waals surface area (Å²) in [6.45, 7) is 1.37. The van der Waals surface area contributed by atoms with E-state index in [-0.39, 0.29) is 16.9 Å². The minimum atomic E-state index is -4.52. The number of rotatable bonds is 3. The third-order valence-corrected chi connectivity index (χ3v) is 3.96. The van der Waals surface area contributed by atoms with E-state index in [4.69, 9.17) is 0 Å². The van der Waals surface area contributed by atoms with Gasteiger partial charge in [0.2, 0.25) is 0 Å². The lowest BCUT2D eigenvalue weighted by atomic mass is 10.1. The molecule has 134 valence electrons. The van der Waals surface area contributed by atoms with Gasteiger partial charge in [-0.05, 0) is 48.9 Å². The van der Waals surface area contributed by atoms with Crippen LogP contribution < -0.4 is 4.90 Å². The van der Waals surface area contributed by atoms with Gasteiger partial charge in [0.25, 0.3) is 0 Å². The number of para-hydroxylation sites is 1. The van der Waals surface area contributed by atoms with Gasteiger partial charge >= 0.3 is 6.18 Å². The van der Waals surface area contributed by atoms with E-state index in [9.17, 15) is 22.0 Å². The van der Waals surface area contributed by atoms with Crippen LogP contribution in [0.25, 0.3) is 0 Å². The Balaban J connectivity index is 2.20. The second kappa shape index (κ2) is 6.78. The highest BCUT2D eigenvalue weighted by Gasteiger charge is 2.33. The predicted octanol–water partition coefficient (Wildman–Crippen LogP) is 6.76. The van der Waals surface area contributed by atoms with Crippen molar-refractivity contribution in [1.29, 1.82) is 0 Å². The third-order valence-electron chi connectivity index (χ3n) is 3.96. The van der Waals surface area contributed by atoms with Gasteiger partial charge in [-0.1, -0.05) is 24.3 Å². The number of hydrogen-bond donors (Lipinski definition) is 0. The van der Waals surface area contributed by atoms with Crippen molar-refractivity contribution in [3.8, 4) is 0 Å². The number of nitrogens with zero attached hydrogens (tertiary/aromatic N) is 1. The topological polar surface area (TPSA) is 3.24 Å². The van der Waals surface area contributed by atoms with Crippen LogP contribution in [-0.2, 0) is 6.18 Å². The van der Waals surface area contributed by atoms with Crippen LogP contribution in [0.5, 0.6) is 0 Å². The van der Waals surface area contributed by atoms with Gasteiger partial charge in [-0.2, -0.15) is 13.2 Å². The molecule has 0 unspecified atom stereocenters. The van der Waals surface area contributed by atoms with Crippen molar-refractivity contribution in [2.75, 3.05) is 4.90 Å². The second-order valence-electron chi connectivity index (χ2n) is 5.77. The van der Waals surface area contributed by atoms with Gasteiger partial charge in [0, 0.05) is 23.1 Å². The number of alkyl halides is 3. The lowest BCUT2D eigenvalue weighted by Crippen LogP contribution is -2.13. The van der Waals surface area contributed by atoms with Crippen molar-refractivity contribution in [3.05, 3.63) is 89.5 Å². The molecule has 0 saturated carbocycles. The van der Waals surface area contributed by atoms with Gasteiger partial charge in [-0.3, -0.25) is 0 Å². The zero-order valence-electron chi connectivity index (χ0n) is 13.7. The SMILES string of the molecule is Cc1ccc(N(c2ccccc2)c2ccc(F)c(F)c2)cc1C(F)(F)F. The molecule has 1 nitrogen and oxygen atoms in total. The summed E-state index contributed by atoms with van der Waals surface area (Å²) in [5.41, 5.74) is 0.237. The second-order valence-corrected chi connectivity index (χ2v) is 5.77. The van der Waals surface area contributed by atoms with Gasteiger partial charge in [0.05, 0.1) is 5.56 Å². The number of aryl methyl sites for hydroxylation is 1. The summed E-state index contributed by atoms with van der Waals surface area (Å²) >= 11 is 0. The van der Waals surface area contributed by atoms with Crippen LogP contribution >= 0.6 is 0 Å². The van der Waals surface area contributed by atoms with E-state index in [2.05, 4.69) is 0 Å². The van der Waals surface area contributed by atoms with E-state index in [1.54, 1.807) is 30.3 Å². The van der Waals surface area contributed by atoms with E-state index < -0.39 is 23.4 Å². The molecule has 26 heavy (non-hydrogen) atoms. The zero-order chi connectivity index (χ0) is 18.9. The molecule has 3 aromatic carbocycles. The van der Waals surface area contributed by atoms with Crippen molar-refractivity contribution in [3.63, 3.8) is 0 Å². The van der Waals surface area contributed by atoms with E-state index in [0.717, 1.165) is 18.2 Å². The van der Waals surface area contributed by atoms with Gasteiger partial charge in [0.1, 0.15) is 0 Å². The lowest BCUT2D eigenvalue weighted by Gasteiger charge is -2.26. The Labute approximate surface area is 147 Å². The molecule has 0 aliphatic rings. The standard InChI is InChI=1S/C20H14F5N/c1-13-7-8-15(11-17(13)20(23,24)25)26(14-5-3-2-4-6-14)16-9-10-18(21)19(22)12-16/h2-12H,1H3. The Morgan fingerprint density at radius 1 is 0.692 bits per heavy atom. The molecule has 0 amide bonds. The monoisotopic (exact) mass is 363 g/mol. The Morgan fingerprint density at radius 3 is 1.92 bits per heavy atom. The van der Waals surface area contributed by atoms with Crippen LogP contribution in [0.4, 0.5) is 39.0 Å². The molecule has 0 aliphatic carbocycles. The number of benzene rings is 3. The molecule has 0 heterocycles. The maximum absolute atomic E-state index is 13.7. The Hall–Kier alpha value is -2.89. The molecule has 0 aliphatic heterocycles. The quantitative estimate of drug-likeness (QED) is 0.465. The minimum Gasteiger partial charge on any atom is -0.310 e. The van der Waals surface area contributed by atoms with E-state index in [1.807, 2.05) is 0 Å². The number of halogens is 5. The summed E-state index contributed by atoms with van der Waals surface area (Å²) in [6.07, 6.45) is -4.52. The van der Waals surface area contributed by atoms with Crippen LogP contribution in [-0.4, -0.2) is 0 Å². The molecule has 0 radical (unpaired) electrons. The van der Waals surface area contributed by atoms with Crippen molar-refractivity contribution in [1.82, 2.24) is 0 Å². The predicted molar refractivity (Wildman–Crippen MR) is 90.8 cm³/mol. The first-order chi connectivity index (χ1) is 12.3. The summed E-state index contributed by atoms with van der Waals surface area (Å²) in [6, 6.07) is 15.6. The average molecular weight is 363 g/mol. The van der Waals surface area contributed by atoms with Gasteiger partial charge in [-0.15, -0.1) is 0 Å². The molecule has 0 N–H and O–H groups in total. The molecule has 0 aromatic heterocycles. The molecule has 6 heteroatoms. The summed E-state index contributed by atoms with van der Waals surface area (Å²) in [5.74, 6) is -2.10. The first-order valence-corrected chi connectivity index (χ1v) is 7.75. The Morgan fingerprint density at radius 2 is 1.31 bits per heavy atom. The highest BCUT2D eigenvalue weighted by molar-refractivity contribution is 5.77. The first-order valence-electron chi connectivity index (χ1n) is 7.75. The Bertz CT molecular complexity index is 919. The van der Waals surface area contributed by atoms with Gasteiger partial charge in [0.15, 0.2) is 11.6 Å². The molecule has 3 rings (SSSR count). The highest BCUT2D eigenvalue weighted by atomic mass is 19.4. The molecular weight excluding hydrogens is 349 g/mol. The van der Waals surface area contributed by atoms with Crippen molar-refractivity contribution < 1.29 is 22.0 Å². The van der Waals surface area contributed by atoms with E-state index >= 15 is 0 Å². The fourth-order valence-electron chi connectivity index (χ4n) is 2.70. The largest absolute Gasteiger partial charge is 0.416 e. The minimum absolute atomic E-state index is 0.0829. The summed E-state index contributed by atoms with van der Waals surface area (Å²) in [5, 5.41) is 0. The summed E-state index contributed by atoms with van der Waals surface area (Å²) < 4.78 is 66.9. The van der Waals surface area contributed by atoms with E-state index in [0.29, 0.717) is 5.69 Å². The molecule has 0 atom stereocenters. The average Bonchev–Trinajstić information content (AvgIpc) is 2.59. The number of hydrogen-bond acceptors (Lipinski definition) is 1. The van der Waals surface area contributed by atoms with Gasteiger partial charge < -0.3 is 4.90 Å². The fourth-order valence-corrected chi connectivity index (χ4v) is 2.70. The smallest absolute Gasteiger partial charge is 0.310 e. The van der Waals surface area contributed by atoms with Crippen LogP contribution in [0, 0.1) is 18.6 Å². The van der Waals surface area contributed by atoms with E-state index in [1.165, 1.54) is 30.0 Å². The van der Waals surface area contributed by atoms with Crippen LogP contribution in [0.1, 0.15) is 11.1 Å². The zero-order valence-corrected chi connectivity index (χ0v) is 13.7. The fraction of sp³-hybridized carbons (Fsp3) is 0.100. The number of anilines is 3. The van der Waals surface area contributed by atoms with Crippen molar-refractivity contribution in [2.24, 2.45) is 0 Å². The molecule has 3 aromatic rings. The Kier molecular flexibility index (Phi) is 4.68. The van der Waals surface area contributed by atoms with Crippen LogP contribution in [0.3, 0.4) is 0 Å². The summed E-state index contributed by atoms with van der Waals surface area (Å²) in [4.78, 5) is 1.44. The van der Waals surface area contributed by atoms with Crippen LogP contribution in [0.15, 0.2) is 66.7 Å². The lowest BCUT2D eigenvalue weighted by molar-refractivity contribution is -0.138. The molecule has 0 bridgehead atoms. The maximum atomic E-state index is 13.7. The van der Waals surface area contributed by atoms with Crippen molar-refractivity contribution >= 4 is 17.1 Å². The van der Waals surface area contributed by atoms with Gasteiger partial charge in [-0.25, -0.2) is 8.78 Å². The normalized spacial score (nSPS) is 11.5. The van der Waals surface area contributed by atoms with Crippen molar-refractivity contribution in [2.45, 2.75) is 13.1 Å². The third kappa shape index (κ3) is 3.54.